The average Bonchev–Trinajstić information content (AvgIpc) is 2.45. The first-order valence-corrected chi connectivity index (χ1v) is 6.30. The van der Waals surface area contributed by atoms with Crippen LogP contribution in [0.25, 0.3) is 5.70 Å². The Labute approximate surface area is 126 Å². The maximum atomic E-state index is 5.22. The fraction of sp³-hybridized carbons (Fsp3) is 0.154. The molecule has 0 radical (unpaired) electrons. The van der Waals surface area contributed by atoms with Crippen molar-refractivity contribution in [3.05, 3.63) is 41.7 Å². The Morgan fingerprint density at radius 1 is 1.47 bits per heavy atom. The summed E-state index contributed by atoms with van der Waals surface area (Å²) in [5, 5.41) is 3.67. The van der Waals surface area contributed by atoms with Crippen molar-refractivity contribution in [2.45, 2.75) is 6.92 Å². The molecule has 0 aromatic carbocycles. The van der Waals surface area contributed by atoms with Gasteiger partial charge < -0.3 is 7.90 Å². The van der Waals surface area contributed by atoms with Gasteiger partial charge in [-0.05, 0) is 19.7 Å². The van der Waals surface area contributed by atoms with Crippen molar-refractivity contribution >= 4 is 41.6 Å². The lowest BCUT2D eigenvalue weighted by Gasteiger charge is -2.05. The van der Waals surface area contributed by atoms with Gasteiger partial charge in [0.1, 0.15) is 5.75 Å². The molecule has 0 fully saturated rings. The van der Waals surface area contributed by atoms with Crippen LogP contribution in [-0.4, -0.2) is 25.0 Å². The molecule has 0 saturated carbocycles. The third kappa shape index (κ3) is 4.82. The minimum Gasteiger partial charge on any atom is -0.497 e. The Morgan fingerprint density at radius 2 is 2.26 bits per heavy atom. The lowest BCUT2D eigenvalue weighted by Crippen LogP contribution is -1.96. The van der Waals surface area contributed by atoms with Crippen LogP contribution in [0.3, 0.4) is 0 Å². The minimum atomic E-state index is 0.612. The highest BCUT2D eigenvalue weighted by Gasteiger charge is 2.05. The molecule has 19 heavy (non-hydrogen) atoms. The predicted molar refractivity (Wildman–Crippen MR) is 85.8 cm³/mol. The Morgan fingerprint density at radius 3 is 2.84 bits per heavy atom. The first kappa shape index (κ1) is 15.4. The summed E-state index contributed by atoms with van der Waals surface area (Å²) in [5.74, 6) is 0.662. The van der Waals surface area contributed by atoms with E-state index < -0.39 is 0 Å². The van der Waals surface area contributed by atoms with Gasteiger partial charge >= 0.3 is 0 Å². The average molecular weight is 371 g/mol. The summed E-state index contributed by atoms with van der Waals surface area (Å²) in [7, 11) is 1.59. The molecule has 0 spiro atoms. The van der Waals surface area contributed by atoms with Gasteiger partial charge in [-0.1, -0.05) is 17.3 Å². The number of oxime groups is 1. The Hall–Kier alpha value is -1.70. The van der Waals surface area contributed by atoms with Crippen molar-refractivity contribution in [3.63, 3.8) is 0 Å². The lowest BCUT2D eigenvalue weighted by molar-refractivity contribution is 0.414. The van der Waals surface area contributed by atoms with Crippen molar-refractivity contribution in [2.24, 2.45) is 10.1 Å². The van der Waals surface area contributed by atoms with Gasteiger partial charge in [0, 0.05) is 12.1 Å². The number of aliphatic imine (C=N–C) groups is 1. The number of rotatable bonds is 6. The first-order chi connectivity index (χ1) is 9.24. The van der Waals surface area contributed by atoms with E-state index in [9.17, 15) is 0 Å². The molecule has 100 valence electrons. The zero-order chi connectivity index (χ0) is 14.1. The highest BCUT2D eigenvalue weighted by Crippen LogP contribution is 2.20. The topological polar surface area (TPSA) is 56.1 Å². The number of nitrogens with zero attached hydrogens (tertiary/aromatic N) is 3. The Balaban J connectivity index is 3.25. The molecule has 1 rings (SSSR count). The first-order valence-electron chi connectivity index (χ1n) is 5.42. The summed E-state index contributed by atoms with van der Waals surface area (Å²) >= 11 is 1.67. The van der Waals surface area contributed by atoms with E-state index >= 15 is 0 Å². The van der Waals surface area contributed by atoms with E-state index in [1.807, 2.05) is 25.2 Å². The molecule has 0 aliphatic heterocycles. The second kappa shape index (κ2) is 8.41. The molecule has 1 heterocycles. The van der Waals surface area contributed by atoms with Crippen LogP contribution in [0.4, 0.5) is 0 Å². The molecule has 0 amide bonds. The van der Waals surface area contributed by atoms with Crippen LogP contribution in [0, 0.1) is 0 Å². The summed E-state index contributed by atoms with van der Waals surface area (Å²) in [4.78, 5) is 8.35. The summed E-state index contributed by atoms with van der Waals surface area (Å²) in [6.45, 7) is 5.47. The van der Waals surface area contributed by atoms with E-state index in [4.69, 9.17) is 4.74 Å². The standard InChI is InChI=1S/C13H14IN3O2/c1-4-5-6-12(15-2)13-8-11(18-3)7-10(17-13)9-16-19-14/h4-9H,2H2,1,3H3/b5-4-,12-6-,16-9+. The van der Waals surface area contributed by atoms with Crippen LogP contribution in [0.2, 0.25) is 0 Å². The van der Waals surface area contributed by atoms with Gasteiger partial charge in [-0.3, -0.25) is 4.99 Å². The molecule has 0 atom stereocenters. The predicted octanol–water partition coefficient (Wildman–Crippen LogP) is 3.41. The van der Waals surface area contributed by atoms with Gasteiger partial charge in [-0.15, -0.1) is 0 Å². The molecular formula is C13H14IN3O2. The summed E-state index contributed by atoms with van der Waals surface area (Å²) in [5.41, 5.74) is 1.92. The van der Waals surface area contributed by atoms with Crippen LogP contribution in [0.1, 0.15) is 18.3 Å². The molecule has 5 nitrogen and oxygen atoms in total. The van der Waals surface area contributed by atoms with Gasteiger partial charge in [0.05, 0.1) is 30.4 Å². The quantitative estimate of drug-likeness (QED) is 0.333. The van der Waals surface area contributed by atoms with E-state index in [2.05, 4.69) is 25.0 Å². The maximum Gasteiger partial charge on any atom is 0.230 e. The van der Waals surface area contributed by atoms with Gasteiger partial charge in [0.25, 0.3) is 0 Å². The maximum absolute atomic E-state index is 5.22. The molecule has 0 unspecified atom stereocenters. The van der Waals surface area contributed by atoms with Gasteiger partial charge in [0.15, 0.2) is 0 Å². The summed E-state index contributed by atoms with van der Waals surface area (Å²) in [6.07, 6.45) is 7.09. The molecule has 0 aliphatic carbocycles. The number of pyridine rings is 1. The minimum absolute atomic E-state index is 0.612. The zero-order valence-corrected chi connectivity index (χ0v) is 12.9. The van der Waals surface area contributed by atoms with Crippen LogP contribution in [-0.2, 0) is 3.17 Å². The highest BCUT2D eigenvalue weighted by molar-refractivity contribution is 14.1. The second-order valence-corrected chi connectivity index (χ2v) is 3.75. The number of allylic oxidation sites excluding steroid dienone is 3. The number of halogens is 1. The van der Waals surface area contributed by atoms with Crippen LogP contribution >= 0.6 is 23.0 Å². The van der Waals surface area contributed by atoms with E-state index in [0.29, 0.717) is 22.8 Å². The lowest BCUT2D eigenvalue weighted by atomic mass is 10.2. The van der Waals surface area contributed by atoms with Gasteiger partial charge in [-0.2, -0.15) is 0 Å². The van der Waals surface area contributed by atoms with Crippen molar-refractivity contribution < 1.29 is 7.90 Å². The normalized spacial score (nSPS) is 12.1. The zero-order valence-electron chi connectivity index (χ0n) is 10.7. The highest BCUT2D eigenvalue weighted by atomic mass is 127. The number of ether oxygens (including phenoxy) is 1. The number of hydrogen-bond acceptors (Lipinski definition) is 5. The molecule has 0 saturated heterocycles. The molecular weight excluding hydrogens is 357 g/mol. The largest absolute Gasteiger partial charge is 0.497 e. The fourth-order valence-corrected chi connectivity index (χ4v) is 1.44. The molecule has 0 aliphatic rings. The monoisotopic (exact) mass is 371 g/mol. The number of methoxy groups -OCH3 is 1. The Kier molecular flexibility index (Phi) is 6.80. The van der Waals surface area contributed by atoms with E-state index in [1.54, 1.807) is 42.2 Å². The van der Waals surface area contributed by atoms with Crippen molar-refractivity contribution in [3.8, 4) is 5.75 Å². The van der Waals surface area contributed by atoms with Crippen molar-refractivity contribution in [2.75, 3.05) is 7.11 Å². The molecule has 1 aromatic rings. The van der Waals surface area contributed by atoms with Gasteiger partial charge in [0.2, 0.25) is 23.0 Å². The fourth-order valence-electron chi connectivity index (χ4n) is 1.32. The van der Waals surface area contributed by atoms with Crippen LogP contribution in [0.15, 0.2) is 40.5 Å². The summed E-state index contributed by atoms with van der Waals surface area (Å²) in [6, 6.07) is 3.53. The SMILES string of the molecule is C=N/C(=C\C=C/C)c1cc(OC)cc(/C=N/OI)n1. The molecule has 6 heteroatoms. The van der Waals surface area contributed by atoms with E-state index in [-0.39, 0.29) is 0 Å². The number of hydrogen-bond donors (Lipinski definition) is 0. The van der Waals surface area contributed by atoms with E-state index in [0.717, 1.165) is 0 Å². The van der Waals surface area contributed by atoms with Crippen molar-refractivity contribution in [1.82, 2.24) is 4.98 Å². The van der Waals surface area contributed by atoms with Crippen LogP contribution in [0.5, 0.6) is 5.75 Å². The van der Waals surface area contributed by atoms with E-state index in [1.165, 1.54) is 6.21 Å². The smallest absolute Gasteiger partial charge is 0.230 e. The Bertz CT molecular complexity index is 525. The summed E-state index contributed by atoms with van der Waals surface area (Å²) < 4.78 is 9.83. The second-order valence-electron chi connectivity index (χ2n) is 3.36. The third-order valence-corrected chi connectivity index (χ3v) is 2.39. The third-order valence-electron chi connectivity index (χ3n) is 2.16. The molecule has 0 N–H and O–H groups in total. The van der Waals surface area contributed by atoms with Crippen molar-refractivity contribution in [1.29, 1.82) is 0 Å². The van der Waals surface area contributed by atoms with Gasteiger partial charge in [-0.25, -0.2) is 4.98 Å². The molecule has 0 bridgehead atoms. The number of aromatic nitrogens is 1. The molecule has 1 aromatic heterocycles. The van der Waals surface area contributed by atoms with Crippen LogP contribution < -0.4 is 4.74 Å².